The number of hydrogen-bond donors (Lipinski definition) is 1. The van der Waals surface area contributed by atoms with Gasteiger partial charge in [0.05, 0.1) is 18.3 Å². The lowest BCUT2D eigenvalue weighted by Crippen LogP contribution is -2.34. The molecular formula is C27H35FO3. The van der Waals surface area contributed by atoms with Crippen LogP contribution in [0.25, 0.3) is 0 Å². The molecule has 2 aromatic carbocycles. The van der Waals surface area contributed by atoms with Crippen LogP contribution in [0.2, 0.25) is 0 Å². The van der Waals surface area contributed by atoms with Gasteiger partial charge in [0.25, 0.3) is 0 Å². The molecule has 2 fully saturated rings. The van der Waals surface area contributed by atoms with E-state index in [0.717, 1.165) is 30.6 Å². The zero-order chi connectivity index (χ0) is 22.2. The molecule has 0 aromatic heterocycles. The van der Waals surface area contributed by atoms with Crippen molar-refractivity contribution in [2.45, 2.75) is 76.4 Å². The Morgan fingerprint density at radius 2 is 1.87 bits per heavy atom. The summed E-state index contributed by atoms with van der Waals surface area (Å²) in [6, 6.07) is 13.3. The van der Waals surface area contributed by atoms with Crippen LogP contribution in [0, 0.1) is 11.7 Å². The molecule has 2 aromatic rings. The lowest BCUT2D eigenvalue weighted by atomic mass is 9.76. The van der Waals surface area contributed by atoms with E-state index in [4.69, 9.17) is 9.47 Å². The lowest BCUT2D eigenvalue weighted by Gasteiger charge is -2.33. The van der Waals surface area contributed by atoms with Crippen molar-refractivity contribution < 1.29 is 19.0 Å². The number of rotatable bonds is 6. The maximum Gasteiger partial charge on any atom is 0.123 e. The molecule has 0 radical (unpaired) electrons. The highest BCUT2D eigenvalue weighted by atomic mass is 19.1. The van der Waals surface area contributed by atoms with Crippen LogP contribution < -0.4 is 4.74 Å². The first-order chi connectivity index (χ1) is 14.8. The van der Waals surface area contributed by atoms with Gasteiger partial charge in [0.15, 0.2) is 0 Å². The Balaban J connectivity index is 1.67. The van der Waals surface area contributed by atoms with Crippen molar-refractivity contribution in [2.24, 2.45) is 5.92 Å². The van der Waals surface area contributed by atoms with E-state index < -0.39 is 0 Å². The molecule has 1 saturated carbocycles. The number of hydrogen-bond acceptors (Lipinski definition) is 3. The minimum atomic E-state index is -0.321. The average molecular weight is 427 g/mol. The van der Waals surface area contributed by atoms with Crippen LogP contribution in [-0.2, 0) is 4.74 Å². The topological polar surface area (TPSA) is 38.7 Å². The quantitative estimate of drug-likeness (QED) is 0.601. The maximum atomic E-state index is 13.6. The number of halogens is 1. The standard InChI is InChI=1S/C27H35FO3/c1-17(2)20-7-10-25(31-18(3)4)24(13-20)22-14-27(30-16-22)12-11-21(15-29)26(27)19-5-8-23(28)9-6-19/h5-10,13,17-18,21-22,26,29H,11-12,14-16H2,1-4H3/t21?,22-,26-,27-/m1/s1. The van der Waals surface area contributed by atoms with Gasteiger partial charge in [-0.1, -0.05) is 38.1 Å². The zero-order valence-electron chi connectivity index (χ0n) is 19.1. The summed E-state index contributed by atoms with van der Waals surface area (Å²) in [5.41, 5.74) is 3.27. The second kappa shape index (κ2) is 8.91. The Bertz CT molecular complexity index is 892. The molecule has 1 spiro atoms. The van der Waals surface area contributed by atoms with Gasteiger partial charge in [-0.05, 0) is 79.8 Å². The number of aliphatic hydroxyl groups is 1. The van der Waals surface area contributed by atoms with Gasteiger partial charge in [0.2, 0.25) is 0 Å². The number of benzene rings is 2. The van der Waals surface area contributed by atoms with E-state index >= 15 is 0 Å². The average Bonchev–Trinajstić information content (AvgIpc) is 3.32. The third kappa shape index (κ3) is 4.38. The predicted molar refractivity (Wildman–Crippen MR) is 121 cm³/mol. The predicted octanol–water partition coefficient (Wildman–Crippen LogP) is 6.17. The van der Waals surface area contributed by atoms with Crippen molar-refractivity contribution in [1.82, 2.24) is 0 Å². The highest BCUT2D eigenvalue weighted by Crippen LogP contribution is 2.57. The highest BCUT2D eigenvalue weighted by molar-refractivity contribution is 5.42. The molecule has 31 heavy (non-hydrogen) atoms. The summed E-state index contributed by atoms with van der Waals surface area (Å²) in [4.78, 5) is 0. The van der Waals surface area contributed by atoms with Crippen molar-refractivity contribution >= 4 is 0 Å². The molecule has 3 nitrogen and oxygen atoms in total. The monoisotopic (exact) mass is 426 g/mol. The number of ether oxygens (including phenoxy) is 2. The molecule has 1 aliphatic carbocycles. The lowest BCUT2D eigenvalue weighted by molar-refractivity contribution is -0.0122. The van der Waals surface area contributed by atoms with Crippen LogP contribution in [0.3, 0.4) is 0 Å². The first kappa shape index (κ1) is 22.3. The van der Waals surface area contributed by atoms with Crippen molar-refractivity contribution in [1.29, 1.82) is 0 Å². The molecule has 0 amide bonds. The van der Waals surface area contributed by atoms with Gasteiger partial charge in [-0.2, -0.15) is 0 Å². The fraction of sp³-hybridized carbons (Fsp3) is 0.556. The van der Waals surface area contributed by atoms with Gasteiger partial charge < -0.3 is 14.6 Å². The Morgan fingerprint density at radius 1 is 1.13 bits per heavy atom. The van der Waals surface area contributed by atoms with Gasteiger partial charge >= 0.3 is 0 Å². The van der Waals surface area contributed by atoms with Gasteiger partial charge in [-0.15, -0.1) is 0 Å². The molecule has 4 rings (SSSR count). The molecule has 1 aliphatic heterocycles. The van der Waals surface area contributed by atoms with Crippen molar-refractivity contribution in [2.75, 3.05) is 13.2 Å². The first-order valence-corrected chi connectivity index (χ1v) is 11.6. The maximum absolute atomic E-state index is 13.6. The van der Waals surface area contributed by atoms with Crippen LogP contribution in [0.5, 0.6) is 5.75 Å². The Hall–Kier alpha value is -1.91. The van der Waals surface area contributed by atoms with Crippen LogP contribution >= 0.6 is 0 Å². The van der Waals surface area contributed by atoms with Gasteiger partial charge in [0.1, 0.15) is 11.6 Å². The van der Waals surface area contributed by atoms with E-state index in [0.29, 0.717) is 12.5 Å². The summed E-state index contributed by atoms with van der Waals surface area (Å²) in [5, 5.41) is 10.1. The summed E-state index contributed by atoms with van der Waals surface area (Å²) in [5.74, 6) is 1.61. The minimum absolute atomic E-state index is 0.0749. The highest BCUT2D eigenvalue weighted by Gasteiger charge is 2.54. The summed E-state index contributed by atoms with van der Waals surface area (Å²) in [7, 11) is 0. The fourth-order valence-corrected chi connectivity index (χ4v) is 5.62. The van der Waals surface area contributed by atoms with E-state index in [1.807, 2.05) is 12.1 Å². The van der Waals surface area contributed by atoms with Crippen LogP contribution in [-0.4, -0.2) is 30.0 Å². The Kier molecular flexibility index (Phi) is 6.41. The SMILES string of the molecule is CC(C)Oc1ccc(C(C)C)cc1[C@H]1CO[C@]2(CCC(CO)[C@H]2c2ccc(F)cc2)C1. The van der Waals surface area contributed by atoms with E-state index in [9.17, 15) is 9.50 Å². The van der Waals surface area contributed by atoms with E-state index in [-0.39, 0.29) is 41.9 Å². The van der Waals surface area contributed by atoms with Crippen LogP contribution in [0.15, 0.2) is 42.5 Å². The largest absolute Gasteiger partial charge is 0.491 e. The first-order valence-electron chi connectivity index (χ1n) is 11.6. The van der Waals surface area contributed by atoms with Crippen LogP contribution in [0.4, 0.5) is 4.39 Å². The van der Waals surface area contributed by atoms with Crippen molar-refractivity contribution in [3.8, 4) is 5.75 Å². The molecule has 4 atom stereocenters. The molecule has 168 valence electrons. The van der Waals surface area contributed by atoms with E-state index in [1.54, 1.807) is 0 Å². The van der Waals surface area contributed by atoms with E-state index in [1.165, 1.54) is 23.3 Å². The summed E-state index contributed by atoms with van der Waals surface area (Å²) >= 11 is 0. The second-order valence-corrected chi connectivity index (χ2v) is 9.91. The van der Waals surface area contributed by atoms with Gasteiger partial charge in [0, 0.05) is 18.4 Å². The Morgan fingerprint density at radius 3 is 2.52 bits per heavy atom. The van der Waals surface area contributed by atoms with Gasteiger partial charge in [-0.3, -0.25) is 0 Å². The number of aliphatic hydroxyl groups excluding tert-OH is 1. The molecule has 0 bridgehead atoms. The molecular weight excluding hydrogens is 391 g/mol. The third-order valence-corrected chi connectivity index (χ3v) is 7.11. The zero-order valence-corrected chi connectivity index (χ0v) is 19.1. The summed E-state index contributed by atoms with van der Waals surface area (Å²) < 4.78 is 26.3. The molecule has 2 aliphatic rings. The van der Waals surface area contributed by atoms with Crippen molar-refractivity contribution in [3.05, 3.63) is 65.0 Å². The third-order valence-electron chi connectivity index (χ3n) is 7.11. The molecule has 1 N–H and O–H groups in total. The summed E-state index contributed by atoms with van der Waals surface area (Å²) in [6.45, 7) is 9.30. The molecule has 1 unspecified atom stereocenters. The molecule has 1 heterocycles. The van der Waals surface area contributed by atoms with Crippen molar-refractivity contribution in [3.63, 3.8) is 0 Å². The fourth-order valence-electron chi connectivity index (χ4n) is 5.62. The minimum Gasteiger partial charge on any atom is -0.491 e. The second-order valence-electron chi connectivity index (χ2n) is 9.91. The normalized spacial score (nSPS) is 28.2. The summed E-state index contributed by atoms with van der Waals surface area (Å²) in [6.07, 6.45) is 2.84. The van der Waals surface area contributed by atoms with E-state index in [2.05, 4.69) is 45.9 Å². The smallest absolute Gasteiger partial charge is 0.123 e. The Labute approximate surface area is 185 Å². The van der Waals surface area contributed by atoms with Gasteiger partial charge in [-0.25, -0.2) is 4.39 Å². The van der Waals surface area contributed by atoms with Crippen LogP contribution in [0.1, 0.15) is 81.4 Å². The molecule has 4 heteroatoms. The molecule has 1 saturated heterocycles.